The van der Waals surface area contributed by atoms with E-state index in [-0.39, 0.29) is 23.1 Å². The molecular formula is C22H30ClN3O4S2. The number of aromatic nitrogens is 2. The zero-order valence-corrected chi connectivity index (χ0v) is 21.2. The molecule has 0 saturated heterocycles. The van der Waals surface area contributed by atoms with Gasteiger partial charge in [-0.1, -0.05) is 18.5 Å². The molecule has 32 heavy (non-hydrogen) atoms. The standard InChI is InChI=1S/C22H30ClN3O4S2/c1-5-32(28,29)15-8-14(9-15)30-21-18-12-24-19(23)10-16(18)17(11-25-21)20(13-6-7-13)26-31(27)22(2,3)4/h10-15,20,26H,5-9H2,1-4H3/t14?,15?,20?,31-/m0/s1. The average molecular weight is 500 g/mol. The van der Waals surface area contributed by atoms with Crippen molar-refractivity contribution in [3.8, 4) is 5.88 Å². The lowest BCUT2D eigenvalue weighted by Gasteiger charge is -2.34. The normalized spacial score (nSPS) is 23.5. The van der Waals surface area contributed by atoms with E-state index < -0.39 is 25.6 Å². The van der Waals surface area contributed by atoms with Crippen molar-refractivity contribution in [1.29, 1.82) is 0 Å². The van der Waals surface area contributed by atoms with E-state index in [1.807, 2.05) is 20.8 Å². The number of fused-ring (bicyclic) bond motifs is 1. The van der Waals surface area contributed by atoms with E-state index in [4.69, 9.17) is 16.3 Å². The van der Waals surface area contributed by atoms with Gasteiger partial charge in [0.05, 0.1) is 26.4 Å². The minimum Gasteiger partial charge on any atom is -0.474 e. The molecule has 7 nitrogen and oxygen atoms in total. The van der Waals surface area contributed by atoms with Crippen LogP contribution < -0.4 is 9.46 Å². The minimum absolute atomic E-state index is 0.111. The van der Waals surface area contributed by atoms with Gasteiger partial charge in [-0.05, 0) is 56.5 Å². The molecule has 2 aliphatic rings. The second-order valence-electron chi connectivity index (χ2n) is 9.67. The monoisotopic (exact) mass is 499 g/mol. The molecule has 0 radical (unpaired) electrons. The van der Waals surface area contributed by atoms with Crippen molar-refractivity contribution in [3.63, 3.8) is 0 Å². The third-order valence-corrected chi connectivity index (χ3v) is 10.2. The molecule has 2 aliphatic carbocycles. The lowest BCUT2D eigenvalue weighted by atomic mass is 9.95. The van der Waals surface area contributed by atoms with Crippen LogP contribution >= 0.6 is 11.6 Å². The molecule has 2 aromatic heterocycles. The Labute approximate surface area is 197 Å². The molecule has 4 rings (SSSR count). The summed E-state index contributed by atoms with van der Waals surface area (Å²) in [5.41, 5.74) is 0.928. The van der Waals surface area contributed by atoms with E-state index >= 15 is 0 Å². The van der Waals surface area contributed by atoms with Gasteiger partial charge in [-0.15, -0.1) is 0 Å². The number of nitrogens with zero attached hydrogens (tertiary/aromatic N) is 2. The smallest absolute Gasteiger partial charge is 0.223 e. The zero-order chi connectivity index (χ0) is 23.3. The zero-order valence-electron chi connectivity index (χ0n) is 18.8. The number of nitrogens with one attached hydrogen (secondary N) is 1. The first-order valence-electron chi connectivity index (χ1n) is 11.0. The van der Waals surface area contributed by atoms with Crippen molar-refractivity contribution >= 4 is 43.2 Å². The predicted octanol–water partition coefficient (Wildman–Crippen LogP) is 4.13. The molecule has 2 saturated carbocycles. The highest BCUT2D eigenvalue weighted by Crippen LogP contribution is 2.44. The van der Waals surface area contributed by atoms with Gasteiger partial charge in [-0.3, -0.25) is 0 Å². The first kappa shape index (κ1) is 23.9. The van der Waals surface area contributed by atoms with Crippen LogP contribution in [0, 0.1) is 5.92 Å². The number of pyridine rings is 2. The maximum Gasteiger partial charge on any atom is 0.223 e. The summed E-state index contributed by atoms with van der Waals surface area (Å²) in [6, 6.07) is 1.68. The Morgan fingerprint density at radius 1 is 1.22 bits per heavy atom. The topological polar surface area (TPSA) is 98.3 Å². The number of ether oxygens (including phenoxy) is 1. The Kier molecular flexibility index (Phi) is 6.57. The van der Waals surface area contributed by atoms with Gasteiger partial charge < -0.3 is 4.74 Å². The van der Waals surface area contributed by atoms with Crippen LogP contribution in [-0.2, 0) is 20.8 Å². The fourth-order valence-electron chi connectivity index (χ4n) is 3.88. The lowest BCUT2D eigenvalue weighted by Crippen LogP contribution is -2.43. The van der Waals surface area contributed by atoms with Crippen molar-refractivity contribution in [3.05, 3.63) is 29.2 Å². The highest BCUT2D eigenvalue weighted by molar-refractivity contribution is 7.92. The van der Waals surface area contributed by atoms with Gasteiger partial charge in [-0.2, -0.15) is 0 Å². The van der Waals surface area contributed by atoms with E-state index in [1.165, 1.54) is 0 Å². The van der Waals surface area contributed by atoms with Gasteiger partial charge in [0.25, 0.3) is 0 Å². The number of hydrogen-bond acceptors (Lipinski definition) is 6. The van der Waals surface area contributed by atoms with Gasteiger partial charge in [-0.25, -0.2) is 27.3 Å². The third-order valence-electron chi connectivity index (χ3n) is 6.19. The Bertz CT molecular complexity index is 1140. The molecule has 2 atom stereocenters. The first-order chi connectivity index (χ1) is 15.0. The fourth-order valence-corrected chi connectivity index (χ4v) is 6.43. The Balaban J connectivity index is 1.63. The number of rotatable bonds is 8. The minimum atomic E-state index is -3.05. The molecule has 2 aromatic rings. The van der Waals surface area contributed by atoms with Crippen LogP contribution in [-0.4, -0.2) is 44.4 Å². The molecule has 2 fully saturated rings. The molecule has 0 spiro atoms. The van der Waals surface area contributed by atoms with Crippen LogP contribution in [0.25, 0.3) is 10.8 Å². The van der Waals surface area contributed by atoms with Crippen molar-refractivity contribution in [2.75, 3.05) is 5.75 Å². The summed E-state index contributed by atoms with van der Waals surface area (Å²) in [5.74, 6) is 0.960. The molecule has 1 unspecified atom stereocenters. The van der Waals surface area contributed by atoms with E-state index in [0.717, 1.165) is 29.2 Å². The van der Waals surface area contributed by atoms with Gasteiger partial charge >= 0.3 is 0 Å². The summed E-state index contributed by atoms with van der Waals surface area (Å²) in [6.07, 6.45) is 6.29. The Hall–Kier alpha value is -1.29. The van der Waals surface area contributed by atoms with Crippen molar-refractivity contribution in [1.82, 2.24) is 14.7 Å². The van der Waals surface area contributed by atoms with Crippen LogP contribution in [0.4, 0.5) is 0 Å². The molecule has 2 heterocycles. The first-order valence-corrected chi connectivity index (χ1v) is 14.2. The molecule has 0 bridgehead atoms. The predicted molar refractivity (Wildman–Crippen MR) is 128 cm³/mol. The second-order valence-corrected chi connectivity index (χ2v) is 14.6. The summed E-state index contributed by atoms with van der Waals surface area (Å²) in [7, 11) is -4.28. The highest BCUT2D eigenvalue weighted by Gasteiger charge is 2.40. The number of sulfone groups is 1. The van der Waals surface area contributed by atoms with E-state index in [9.17, 15) is 12.6 Å². The van der Waals surface area contributed by atoms with Crippen LogP contribution in [0.2, 0.25) is 5.15 Å². The maximum absolute atomic E-state index is 12.8. The summed E-state index contributed by atoms with van der Waals surface area (Å²) in [6.45, 7) is 7.50. The largest absolute Gasteiger partial charge is 0.474 e. The van der Waals surface area contributed by atoms with Gasteiger partial charge in [0.2, 0.25) is 5.88 Å². The Morgan fingerprint density at radius 2 is 1.91 bits per heavy atom. The van der Waals surface area contributed by atoms with Gasteiger partial charge in [0.1, 0.15) is 11.3 Å². The molecule has 0 amide bonds. The lowest BCUT2D eigenvalue weighted by molar-refractivity contribution is 0.119. The molecule has 1 N–H and O–H groups in total. The maximum atomic E-state index is 12.8. The molecule has 176 valence electrons. The van der Waals surface area contributed by atoms with E-state index in [1.54, 1.807) is 25.4 Å². The summed E-state index contributed by atoms with van der Waals surface area (Å²) >= 11 is 6.23. The molecule has 0 aliphatic heterocycles. The van der Waals surface area contributed by atoms with Crippen LogP contribution in [0.5, 0.6) is 5.88 Å². The fraction of sp³-hybridized carbons (Fsp3) is 0.636. The van der Waals surface area contributed by atoms with E-state index in [0.29, 0.717) is 29.8 Å². The SMILES string of the molecule is CCS(=O)(=O)C1CC(Oc2ncc(C(N[S@@](=O)C(C)(C)C)C3CC3)c3cc(Cl)ncc23)C1. The molecule has 10 heteroatoms. The van der Waals surface area contributed by atoms with Gasteiger partial charge in [0, 0.05) is 37.0 Å². The molecular weight excluding hydrogens is 470 g/mol. The van der Waals surface area contributed by atoms with Crippen LogP contribution in [0.1, 0.15) is 65.0 Å². The molecule has 0 aromatic carbocycles. The summed E-state index contributed by atoms with van der Waals surface area (Å²) in [5, 5.41) is 1.61. The number of hydrogen-bond donors (Lipinski definition) is 1. The van der Waals surface area contributed by atoms with Crippen molar-refractivity contribution < 1.29 is 17.4 Å². The third kappa shape index (κ3) is 4.95. The van der Waals surface area contributed by atoms with Crippen LogP contribution in [0.15, 0.2) is 18.5 Å². The van der Waals surface area contributed by atoms with E-state index in [2.05, 4.69) is 14.7 Å². The summed E-state index contributed by atoms with van der Waals surface area (Å²) < 4.78 is 46.0. The van der Waals surface area contributed by atoms with Crippen molar-refractivity contribution in [2.45, 2.75) is 75.5 Å². The Morgan fingerprint density at radius 3 is 2.50 bits per heavy atom. The van der Waals surface area contributed by atoms with Crippen LogP contribution in [0.3, 0.4) is 0 Å². The summed E-state index contributed by atoms with van der Waals surface area (Å²) in [4.78, 5) is 8.79. The number of halogens is 1. The van der Waals surface area contributed by atoms with Gasteiger partial charge in [0.15, 0.2) is 9.84 Å². The van der Waals surface area contributed by atoms with Crippen molar-refractivity contribution in [2.24, 2.45) is 5.92 Å². The quantitative estimate of drug-likeness (QED) is 0.548. The highest BCUT2D eigenvalue weighted by atomic mass is 35.5. The average Bonchev–Trinajstić information content (AvgIpc) is 3.52. The second kappa shape index (κ2) is 8.81.